The second-order valence-corrected chi connectivity index (χ2v) is 12.7. The minimum absolute atomic E-state index is 0.241. The molecule has 1 aliphatic heterocycles. The second-order valence-electron chi connectivity index (χ2n) is 12.7. The number of nitrogens with one attached hydrogen (secondary N) is 3. The number of carbonyl (C=O) groups excluding carboxylic acids is 6. The number of likely N-dealkylation sites (tertiary alicyclic amines) is 1. The summed E-state index contributed by atoms with van der Waals surface area (Å²) in [6.45, 7) is 7.09. The number of hydrogen-bond donors (Lipinski definition) is 4. The van der Waals surface area contributed by atoms with Crippen molar-refractivity contribution in [2.24, 2.45) is 17.1 Å². The molecule has 3 atom stereocenters. The average Bonchev–Trinajstić information content (AvgIpc) is 3.50. The zero-order valence-electron chi connectivity index (χ0n) is 24.2. The highest BCUT2D eigenvalue weighted by atomic mass is 16.6. The average molecular weight is 564 g/mol. The Morgan fingerprint density at radius 2 is 1.62 bits per heavy atom. The summed E-state index contributed by atoms with van der Waals surface area (Å²) in [5.74, 6) is -3.18. The molecule has 0 bridgehead atoms. The molecule has 224 valence electrons. The fourth-order valence-corrected chi connectivity index (χ4v) is 5.92. The Balaban J connectivity index is 1.70. The van der Waals surface area contributed by atoms with Gasteiger partial charge in [0.25, 0.3) is 5.91 Å². The highest BCUT2D eigenvalue weighted by Crippen LogP contribution is 2.41. The van der Waals surface area contributed by atoms with Gasteiger partial charge in [0.15, 0.2) is 0 Å². The first kappa shape index (κ1) is 31.3. The summed E-state index contributed by atoms with van der Waals surface area (Å²) in [4.78, 5) is 77.7. The van der Waals surface area contributed by atoms with Gasteiger partial charge >= 0.3 is 12.0 Å². The third-order valence-corrected chi connectivity index (χ3v) is 8.29. The number of amides is 5. The van der Waals surface area contributed by atoms with E-state index in [0.717, 1.165) is 44.9 Å². The van der Waals surface area contributed by atoms with Crippen molar-refractivity contribution in [1.82, 2.24) is 20.9 Å². The van der Waals surface area contributed by atoms with Crippen LogP contribution >= 0.6 is 0 Å². The van der Waals surface area contributed by atoms with Crippen molar-refractivity contribution in [1.29, 1.82) is 0 Å². The van der Waals surface area contributed by atoms with Gasteiger partial charge in [-0.1, -0.05) is 39.0 Å². The molecular weight excluding hydrogens is 518 g/mol. The van der Waals surface area contributed by atoms with Gasteiger partial charge in [0.2, 0.25) is 17.6 Å². The van der Waals surface area contributed by atoms with Crippen molar-refractivity contribution in [3.05, 3.63) is 0 Å². The molecule has 0 aromatic heterocycles. The highest BCUT2D eigenvalue weighted by Gasteiger charge is 2.47. The summed E-state index contributed by atoms with van der Waals surface area (Å²) in [6, 6.07) is -3.45. The van der Waals surface area contributed by atoms with E-state index in [-0.39, 0.29) is 18.4 Å². The maximum atomic E-state index is 13.9. The number of carbonyl (C=O) groups is 6. The van der Waals surface area contributed by atoms with Gasteiger partial charge in [-0.3, -0.25) is 24.0 Å². The molecule has 2 saturated carbocycles. The van der Waals surface area contributed by atoms with Gasteiger partial charge in [-0.25, -0.2) is 4.79 Å². The Hall–Kier alpha value is -3.18. The first-order chi connectivity index (χ1) is 18.7. The molecule has 0 aromatic rings. The lowest BCUT2D eigenvalue weighted by atomic mass is 9.79. The van der Waals surface area contributed by atoms with Crippen LogP contribution in [0.25, 0.3) is 0 Å². The van der Waals surface area contributed by atoms with Crippen molar-refractivity contribution in [2.75, 3.05) is 13.1 Å². The van der Waals surface area contributed by atoms with Crippen LogP contribution in [-0.2, 0) is 28.7 Å². The van der Waals surface area contributed by atoms with Gasteiger partial charge in [-0.2, -0.15) is 0 Å². The van der Waals surface area contributed by atoms with Crippen LogP contribution < -0.4 is 21.7 Å². The maximum absolute atomic E-state index is 13.9. The van der Waals surface area contributed by atoms with E-state index in [9.17, 15) is 28.8 Å². The molecule has 5 amide bonds. The van der Waals surface area contributed by atoms with Gasteiger partial charge in [-0.05, 0) is 64.2 Å². The lowest BCUT2D eigenvalue weighted by Gasteiger charge is -2.37. The maximum Gasteiger partial charge on any atom is 0.325 e. The number of hydrogen-bond acceptors (Lipinski definition) is 7. The van der Waals surface area contributed by atoms with Crippen LogP contribution in [0, 0.1) is 11.3 Å². The summed E-state index contributed by atoms with van der Waals surface area (Å²) in [5.41, 5.74) is 4.01. The number of nitrogens with two attached hydrogens (primary N) is 1. The molecule has 2 unspecified atom stereocenters. The SMILES string of the molecule is CC(C)(C)OC(=O)CNC(=O)NC(C(=O)N1CCC[C@H]1C(=O)NC(CC1CCC1)C(=O)C(N)=O)C1(C)CCCC1. The largest absolute Gasteiger partial charge is 0.459 e. The summed E-state index contributed by atoms with van der Waals surface area (Å²) in [6.07, 6.45) is 7.46. The summed E-state index contributed by atoms with van der Waals surface area (Å²) in [7, 11) is 0. The van der Waals surface area contributed by atoms with E-state index >= 15 is 0 Å². The van der Waals surface area contributed by atoms with Gasteiger partial charge in [0.1, 0.15) is 24.2 Å². The van der Waals surface area contributed by atoms with Crippen LogP contribution in [-0.4, -0.2) is 77.2 Å². The molecule has 12 heteroatoms. The number of ether oxygens (including phenoxy) is 1. The first-order valence-corrected chi connectivity index (χ1v) is 14.4. The number of urea groups is 1. The van der Waals surface area contributed by atoms with Crippen LogP contribution in [0.1, 0.15) is 91.9 Å². The standard InChI is InChI=1S/C28H45N5O7/c1-27(2,3)40-20(34)16-30-26(39)32-22(28(4)12-5-6-13-28)25(38)33-14-8-11-19(33)24(37)31-18(21(35)23(29)36)15-17-9-7-10-17/h17-19,22H,5-16H2,1-4H3,(H2,29,36)(H,31,37)(H2,30,32,39)/t18?,19-,22?/m0/s1. The predicted molar refractivity (Wildman–Crippen MR) is 146 cm³/mol. The van der Waals surface area contributed by atoms with Gasteiger partial charge in [-0.15, -0.1) is 0 Å². The fraction of sp³-hybridized carbons (Fsp3) is 0.786. The molecule has 12 nitrogen and oxygen atoms in total. The zero-order chi connectivity index (χ0) is 29.7. The van der Waals surface area contributed by atoms with Gasteiger partial charge in [0.05, 0.1) is 6.04 Å². The monoisotopic (exact) mass is 563 g/mol. The Morgan fingerprint density at radius 1 is 0.975 bits per heavy atom. The number of esters is 1. The lowest BCUT2D eigenvalue weighted by Crippen LogP contribution is -2.60. The van der Waals surface area contributed by atoms with E-state index in [0.29, 0.717) is 25.8 Å². The zero-order valence-corrected chi connectivity index (χ0v) is 24.2. The minimum atomic E-state index is -1.10. The molecular formula is C28H45N5O7. The van der Waals surface area contributed by atoms with E-state index in [2.05, 4.69) is 16.0 Å². The summed E-state index contributed by atoms with van der Waals surface area (Å²) >= 11 is 0. The van der Waals surface area contributed by atoms with E-state index in [1.165, 1.54) is 4.90 Å². The van der Waals surface area contributed by atoms with Gasteiger partial charge in [0, 0.05) is 6.54 Å². The predicted octanol–water partition coefficient (Wildman–Crippen LogP) is 1.30. The second kappa shape index (κ2) is 13.0. The summed E-state index contributed by atoms with van der Waals surface area (Å²) < 4.78 is 5.23. The summed E-state index contributed by atoms with van der Waals surface area (Å²) in [5, 5.41) is 7.95. The molecule has 40 heavy (non-hydrogen) atoms. The number of rotatable bonds is 11. The molecule has 1 heterocycles. The van der Waals surface area contributed by atoms with Crippen molar-refractivity contribution in [3.8, 4) is 0 Å². The molecule has 2 aliphatic carbocycles. The molecule has 0 aromatic carbocycles. The minimum Gasteiger partial charge on any atom is -0.459 e. The number of Topliss-reactive ketones (excluding diaryl/α,β-unsaturated/α-hetero) is 1. The van der Waals surface area contributed by atoms with Crippen molar-refractivity contribution >= 4 is 35.5 Å². The Morgan fingerprint density at radius 3 is 2.17 bits per heavy atom. The third-order valence-electron chi connectivity index (χ3n) is 8.29. The molecule has 3 aliphatic rings. The molecule has 0 radical (unpaired) electrons. The molecule has 3 fully saturated rings. The van der Waals surface area contributed by atoms with Crippen LogP contribution in [0.5, 0.6) is 0 Å². The Labute approximate surface area is 235 Å². The highest BCUT2D eigenvalue weighted by molar-refractivity contribution is 6.37. The van der Waals surface area contributed by atoms with Crippen LogP contribution in [0.4, 0.5) is 4.79 Å². The first-order valence-electron chi connectivity index (χ1n) is 14.4. The quantitative estimate of drug-likeness (QED) is 0.216. The van der Waals surface area contributed by atoms with E-state index in [4.69, 9.17) is 10.5 Å². The fourth-order valence-electron chi connectivity index (χ4n) is 5.92. The molecule has 1 saturated heterocycles. The van der Waals surface area contributed by atoms with Crippen LogP contribution in [0.3, 0.4) is 0 Å². The normalized spacial score (nSPS) is 22.0. The van der Waals surface area contributed by atoms with Gasteiger partial charge < -0.3 is 31.3 Å². The third kappa shape index (κ3) is 8.17. The van der Waals surface area contributed by atoms with Crippen molar-refractivity contribution in [3.63, 3.8) is 0 Å². The smallest absolute Gasteiger partial charge is 0.325 e. The van der Waals surface area contributed by atoms with Crippen LogP contribution in [0.2, 0.25) is 0 Å². The van der Waals surface area contributed by atoms with E-state index in [1.807, 2.05) is 6.92 Å². The Kier molecular flexibility index (Phi) is 10.2. The lowest BCUT2D eigenvalue weighted by molar-refractivity contribution is -0.153. The van der Waals surface area contributed by atoms with Crippen molar-refractivity contribution in [2.45, 2.75) is 116 Å². The van der Waals surface area contributed by atoms with Crippen molar-refractivity contribution < 1.29 is 33.5 Å². The van der Waals surface area contributed by atoms with E-state index in [1.54, 1.807) is 20.8 Å². The number of ketones is 1. The number of primary amides is 1. The van der Waals surface area contributed by atoms with E-state index < -0.39 is 58.7 Å². The number of nitrogens with zero attached hydrogens (tertiary/aromatic N) is 1. The molecule has 5 N–H and O–H groups in total. The van der Waals surface area contributed by atoms with Crippen LogP contribution in [0.15, 0.2) is 0 Å². The molecule has 3 rings (SSSR count). The molecule has 0 spiro atoms. The Bertz CT molecular complexity index is 997. The topological polar surface area (TPSA) is 177 Å².